The Balaban J connectivity index is 2.91. The summed E-state index contributed by atoms with van der Waals surface area (Å²) in [5.74, 6) is -0.788. The number of aromatic nitrogens is 1. The number of amides is 1. The highest BCUT2D eigenvalue weighted by Crippen LogP contribution is 2.19. The molecule has 0 radical (unpaired) electrons. The largest absolute Gasteiger partial charge is 0.406 e. The Bertz CT molecular complexity index is 434. The zero-order valence-corrected chi connectivity index (χ0v) is 10.6. The molecule has 0 aliphatic heterocycles. The van der Waals surface area contributed by atoms with Gasteiger partial charge < -0.3 is 10.6 Å². The Kier molecular flexibility index (Phi) is 5.14. The molecular formula is C12H16F3N3O. The van der Waals surface area contributed by atoms with Crippen LogP contribution < -0.4 is 5.73 Å². The van der Waals surface area contributed by atoms with Crippen LogP contribution >= 0.6 is 0 Å². The van der Waals surface area contributed by atoms with Crippen LogP contribution in [0.4, 0.5) is 18.9 Å². The maximum atomic E-state index is 12.5. The van der Waals surface area contributed by atoms with Crippen LogP contribution in [0.15, 0.2) is 18.3 Å². The summed E-state index contributed by atoms with van der Waals surface area (Å²) in [7, 11) is 0. The van der Waals surface area contributed by atoms with Gasteiger partial charge in [0, 0.05) is 12.7 Å². The lowest BCUT2D eigenvalue weighted by molar-refractivity contribution is -0.140. The standard InChI is InChI=1S/C12H16F3N3O/c1-2-3-7-18(8-12(13,14)15)11(19)10-9(16)5-4-6-17-10/h4-6H,2-3,7-8,16H2,1H3. The number of pyridine rings is 1. The van der Waals surface area contributed by atoms with Gasteiger partial charge in [-0.15, -0.1) is 0 Å². The fourth-order valence-electron chi connectivity index (χ4n) is 1.56. The van der Waals surface area contributed by atoms with Crippen molar-refractivity contribution in [3.05, 3.63) is 24.0 Å². The number of anilines is 1. The number of nitrogens with two attached hydrogens (primary N) is 1. The van der Waals surface area contributed by atoms with E-state index in [1.54, 1.807) is 0 Å². The number of halogens is 3. The Hall–Kier alpha value is -1.79. The van der Waals surface area contributed by atoms with Crippen molar-refractivity contribution in [3.8, 4) is 0 Å². The number of unbranched alkanes of at least 4 members (excludes halogenated alkanes) is 1. The highest BCUT2D eigenvalue weighted by Gasteiger charge is 2.33. The minimum atomic E-state index is -4.44. The molecule has 0 aromatic carbocycles. The van der Waals surface area contributed by atoms with Gasteiger partial charge in [0.2, 0.25) is 0 Å². The molecule has 106 valence electrons. The van der Waals surface area contributed by atoms with Crippen LogP contribution in [0, 0.1) is 0 Å². The van der Waals surface area contributed by atoms with E-state index in [0.717, 1.165) is 4.90 Å². The molecule has 0 fully saturated rings. The summed E-state index contributed by atoms with van der Waals surface area (Å²) >= 11 is 0. The van der Waals surface area contributed by atoms with E-state index in [4.69, 9.17) is 5.73 Å². The average molecular weight is 275 g/mol. The van der Waals surface area contributed by atoms with Gasteiger partial charge in [-0.25, -0.2) is 4.98 Å². The highest BCUT2D eigenvalue weighted by atomic mass is 19.4. The lowest BCUT2D eigenvalue weighted by Crippen LogP contribution is -2.40. The summed E-state index contributed by atoms with van der Waals surface area (Å²) in [6, 6.07) is 2.96. The zero-order chi connectivity index (χ0) is 14.5. The van der Waals surface area contributed by atoms with Gasteiger partial charge in [0.25, 0.3) is 5.91 Å². The van der Waals surface area contributed by atoms with Crippen LogP contribution in [0.1, 0.15) is 30.3 Å². The second-order valence-corrected chi connectivity index (χ2v) is 4.14. The van der Waals surface area contributed by atoms with Crippen molar-refractivity contribution >= 4 is 11.6 Å². The summed E-state index contributed by atoms with van der Waals surface area (Å²) < 4.78 is 37.4. The second kappa shape index (κ2) is 6.40. The molecule has 0 bridgehead atoms. The van der Waals surface area contributed by atoms with Crippen molar-refractivity contribution in [1.29, 1.82) is 0 Å². The molecule has 1 heterocycles. The predicted molar refractivity (Wildman–Crippen MR) is 65.5 cm³/mol. The number of rotatable bonds is 5. The monoisotopic (exact) mass is 275 g/mol. The van der Waals surface area contributed by atoms with Crippen LogP contribution in [0.3, 0.4) is 0 Å². The van der Waals surface area contributed by atoms with Crippen LogP contribution in [0.2, 0.25) is 0 Å². The van der Waals surface area contributed by atoms with Crippen molar-refractivity contribution in [2.75, 3.05) is 18.8 Å². The summed E-state index contributed by atoms with van der Waals surface area (Å²) in [6.07, 6.45) is -1.92. The normalized spacial score (nSPS) is 11.4. The van der Waals surface area contributed by atoms with Gasteiger partial charge in [-0.2, -0.15) is 13.2 Å². The molecule has 1 aromatic rings. The highest BCUT2D eigenvalue weighted by molar-refractivity contribution is 5.97. The first-order chi connectivity index (χ1) is 8.85. The predicted octanol–water partition coefficient (Wildman–Crippen LogP) is 2.47. The third-order valence-electron chi connectivity index (χ3n) is 2.48. The average Bonchev–Trinajstić information content (AvgIpc) is 2.33. The summed E-state index contributed by atoms with van der Waals surface area (Å²) in [6.45, 7) is 0.581. The number of nitrogens with zero attached hydrogens (tertiary/aromatic N) is 2. The summed E-state index contributed by atoms with van der Waals surface area (Å²) in [4.78, 5) is 16.5. The molecule has 7 heteroatoms. The number of nitrogen functional groups attached to an aromatic ring is 1. The van der Waals surface area contributed by atoms with Crippen molar-refractivity contribution in [3.63, 3.8) is 0 Å². The fraction of sp³-hybridized carbons (Fsp3) is 0.500. The van der Waals surface area contributed by atoms with Crippen LogP contribution in [-0.4, -0.2) is 35.1 Å². The third-order valence-corrected chi connectivity index (χ3v) is 2.48. The molecule has 1 aromatic heterocycles. The Labute approximate surface area is 109 Å². The third kappa shape index (κ3) is 4.76. The van der Waals surface area contributed by atoms with Crippen molar-refractivity contribution in [2.45, 2.75) is 25.9 Å². The topological polar surface area (TPSA) is 59.2 Å². The van der Waals surface area contributed by atoms with Gasteiger partial charge in [0.15, 0.2) is 5.69 Å². The van der Waals surface area contributed by atoms with E-state index in [0.29, 0.717) is 12.8 Å². The van der Waals surface area contributed by atoms with E-state index in [9.17, 15) is 18.0 Å². The quantitative estimate of drug-likeness (QED) is 0.898. The lowest BCUT2D eigenvalue weighted by Gasteiger charge is -2.23. The van der Waals surface area contributed by atoms with E-state index in [2.05, 4.69) is 4.98 Å². The molecule has 0 saturated carbocycles. The number of carbonyl (C=O) groups excluding carboxylic acids is 1. The van der Waals surface area contributed by atoms with Crippen molar-refractivity contribution < 1.29 is 18.0 Å². The molecule has 1 rings (SSSR count). The number of carbonyl (C=O) groups is 1. The smallest absolute Gasteiger partial charge is 0.397 e. The Morgan fingerprint density at radius 3 is 2.68 bits per heavy atom. The SMILES string of the molecule is CCCCN(CC(F)(F)F)C(=O)c1ncccc1N. The Morgan fingerprint density at radius 1 is 1.47 bits per heavy atom. The van der Waals surface area contributed by atoms with Gasteiger partial charge in [0.05, 0.1) is 5.69 Å². The van der Waals surface area contributed by atoms with Gasteiger partial charge in [0.1, 0.15) is 6.54 Å². The fourth-order valence-corrected chi connectivity index (χ4v) is 1.56. The van der Waals surface area contributed by atoms with Gasteiger partial charge in [-0.3, -0.25) is 4.79 Å². The van der Waals surface area contributed by atoms with Crippen LogP contribution in [0.25, 0.3) is 0 Å². The van der Waals surface area contributed by atoms with Crippen LogP contribution in [-0.2, 0) is 0 Å². The zero-order valence-electron chi connectivity index (χ0n) is 10.6. The maximum absolute atomic E-state index is 12.5. The van der Waals surface area contributed by atoms with Gasteiger partial charge in [-0.1, -0.05) is 13.3 Å². The van der Waals surface area contributed by atoms with Crippen LogP contribution in [0.5, 0.6) is 0 Å². The van der Waals surface area contributed by atoms with Gasteiger partial charge in [-0.05, 0) is 18.6 Å². The molecule has 0 atom stereocenters. The van der Waals surface area contributed by atoms with Crippen molar-refractivity contribution in [2.24, 2.45) is 0 Å². The van der Waals surface area contributed by atoms with E-state index in [1.807, 2.05) is 6.92 Å². The minimum absolute atomic E-state index is 0.0326. The molecule has 19 heavy (non-hydrogen) atoms. The molecule has 4 nitrogen and oxygen atoms in total. The van der Waals surface area contributed by atoms with Crippen molar-refractivity contribution in [1.82, 2.24) is 9.88 Å². The Morgan fingerprint density at radius 2 is 2.16 bits per heavy atom. The molecule has 2 N–H and O–H groups in total. The van der Waals surface area contributed by atoms with E-state index in [-0.39, 0.29) is 17.9 Å². The second-order valence-electron chi connectivity index (χ2n) is 4.14. The molecule has 0 aliphatic carbocycles. The first-order valence-electron chi connectivity index (χ1n) is 5.91. The summed E-state index contributed by atoms with van der Waals surface area (Å²) in [5.41, 5.74) is 5.50. The molecule has 0 spiro atoms. The molecule has 1 amide bonds. The van der Waals surface area contributed by atoms with E-state index >= 15 is 0 Å². The minimum Gasteiger partial charge on any atom is -0.397 e. The van der Waals surface area contributed by atoms with Gasteiger partial charge >= 0.3 is 6.18 Å². The molecule has 0 unspecified atom stereocenters. The summed E-state index contributed by atoms with van der Waals surface area (Å²) in [5, 5.41) is 0. The number of hydrogen-bond acceptors (Lipinski definition) is 3. The lowest BCUT2D eigenvalue weighted by atomic mass is 10.2. The maximum Gasteiger partial charge on any atom is 0.406 e. The first-order valence-corrected chi connectivity index (χ1v) is 5.91. The van der Waals surface area contributed by atoms with E-state index in [1.165, 1.54) is 18.3 Å². The molecular weight excluding hydrogens is 259 g/mol. The number of alkyl halides is 3. The number of hydrogen-bond donors (Lipinski definition) is 1. The first kappa shape index (κ1) is 15.3. The van der Waals surface area contributed by atoms with E-state index < -0.39 is 18.6 Å². The molecule has 0 aliphatic rings. The molecule has 0 saturated heterocycles.